The van der Waals surface area contributed by atoms with Crippen LogP contribution in [0, 0.1) is 5.92 Å². The Hall–Kier alpha value is -0.650. The largest absolute Gasteiger partial charge is 0.481 e. The minimum atomic E-state index is -0.734. The summed E-state index contributed by atoms with van der Waals surface area (Å²) < 4.78 is 10.2. The topological polar surface area (TPSA) is 81.8 Å². The van der Waals surface area contributed by atoms with E-state index >= 15 is 0 Å². The summed E-state index contributed by atoms with van der Waals surface area (Å²) in [6, 6.07) is 0. The zero-order valence-corrected chi connectivity index (χ0v) is 10.7. The van der Waals surface area contributed by atoms with Crippen molar-refractivity contribution in [1.82, 2.24) is 0 Å². The molecule has 1 unspecified atom stereocenters. The first-order chi connectivity index (χ1) is 8.22. The highest BCUT2D eigenvalue weighted by Crippen LogP contribution is 2.13. The number of hydrogen-bond acceptors (Lipinski definition) is 4. The molecular weight excluding hydrogens is 222 g/mol. The SMILES string of the molecule is COCCCOCCC(CCCCN)C(=O)O. The molecule has 0 aromatic rings. The second-order valence-corrected chi connectivity index (χ2v) is 4.07. The van der Waals surface area contributed by atoms with Crippen molar-refractivity contribution in [2.24, 2.45) is 11.7 Å². The molecule has 0 aromatic heterocycles. The lowest BCUT2D eigenvalue weighted by Crippen LogP contribution is -2.17. The van der Waals surface area contributed by atoms with E-state index in [-0.39, 0.29) is 5.92 Å². The van der Waals surface area contributed by atoms with Crippen LogP contribution in [0.3, 0.4) is 0 Å². The van der Waals surface area contributed by atoms with Gasteiger partial charge in [-0.1, -0.05) is 6.42 Å². The molecule has 0 aliphatic heterocycles. The van der Waals surface area contributed by atoms with Crippen molar-refractivity contribution < 1.29 is 19.4 Å². The van der Waals surface area contributed by atoms with Gasteiger partial charge in [0.25, 0.3) is 0 Å². The maximum Gasteiger partial charge on any atom is 0.306 e. The predicted octanol–water partition coefficient (Wildman–Crippen LogP) is 1.26. The van der Waals surface area contributed by atoms with Gasteiger partial charge in [-0.05, 0) is 32.2 Å². The fraction of sp³-hybridized carbons (Fsp3) is 0.917. The summed E-state index contributed by atoms with van der Waals surface area (Å²) in [4.78, 5) is 11.0. The van der Waals surface area contributed by atoms with Crippen molar-refractivity contribution in [3.05, 3.63) is 0 Å². The van der Waals surface area contributed by atoms with E-state index in [1.165, 1.54) is 0 Å². The van der Waals surface area contributed by atoms with E-state index in [4.69, 9.17) is 20.3 Å². The summed E-state index contributed by atoms with van der Waals surface area (Å²) in [5.74, 6) is -1.04. The monoisotopic (exact) mass is 247 g/mol. The number of hydrogen-bond donors (Lipinski definition) is 2. The lowest BCUT2D eigenvalue weighted by Gasteiger charge is -2.12. The molecule has 0 saturated carbocycles. The molecule has 0 fully saturated rings. The quantitative estimate of drug-likeness (QED) is 0.507. The van der Waals surface area contributed by atoms with Crippen LogP contribution in [0.15, 0.2) is 0 Å². The molecule has 0 amide bonds. The summed E-state index contributed by atoms with van der Waals surface area (Å²) in [7, 11) is 1.65. The van der Waals surface area contributed by atoms with Crippen molar-refractivity contribution >= 4 is 5.97 Å². The lowest BCUT2D eigenvalue weighted by molar-refractivity contribution is -0.142. The molecule has 0 saturated heterocycles. The van der Waals surface area contributed by atoms with Crippen LogP contribution in [-0.4, -0.2) is 44.6 Å². The fourth-order valence-corrected chi connectivity index (χ4v) is 1.56. The number of carboxylic acid groups (broad SMARTS) is 1. The molecule has 3 N–H and O–H groups in total. The summed E-state index contributed by atoms with van der Waals surface area (Å²) in [5, 5.41) is 9.01. The molecule has 0 aliphatic carbocycles. The average molecular weight is 247 g/mol. The summed E-state index contributed by atoms with van der Waals surface area (Å²) in [6.45, 7) is 2.44. The standard InChI is InChI=1S/C12H25NO4/c1-16-8-4-9-17-10-6-11(12(14)15)5-2-3-7-13/h11H,2-10,13H2,1H3,(H,14,15). The summed E-state index contributed by atoms with van der Waals surface area (Å²) in [6.07, 6.45) is 3.87. The lowest BCUT2D eigenvalue weighted by atomic mass is 9.99. The van der Waals surface area contributed by atoms with Crippen LogP contribution in [0.4, 0.5) is 0 Å². The molecule has 1 atom stereocenters. The molecule has 17 heavy (non-hydrogen) atoms. The minimum Gasteiger partial charge on any atom is -0.481 e. The van der Waals surface area contributed by atoms with Crippen molar-refractivity contribution in [1.29, 1.82) is 0 Å². The molecule has 0 spiro atoms. The van der Waals surface area contributed by atoms with Crippen molar-refractivity contribution in [2.75, 3.05) is 33.5 Å². The molecule has 102 valence electrons. The number of nitrogens with two attached hydrogens (primary N) is 1. The van der Waals surface area contributed by atoms with E-state index in [0.717, 1.165) is 19.3 Å². The van der Waals surface area contributed by atoms with E-state index < -0.39 is 5.97 Å². The van der Waals surface area contributed by atoms with Gasteiger partial charge in [0.1, 0.15) is 0 Å². The molecule has 0 aliphatic rings. The zero-order chi connectivity index (χ0) is 12.9. The average Bonchev–Trinajstić information content (AvgIpc) is 2.31. The van der Waals surface area contributed by atoms with Crippen LogP contribution in [0.1, 0.15) is 32.1 Å². The van der Waals surface area contributed by atoms with Gasteiger partial charge >= 0.3 is 5.97 Å². The zero-order valence-electron chi connectivity index (χ0n) is 10.7. The van der Waals surface area contributed by atoms with Crippen LogP contribution in [0.5, 0.6) is 0 Å². The molecule has 0 radical (unpaired) electrons. The Labute approximate surface area is 103 Å². The van der Waals surface area contributed by atoms with Crippen molar-refractivity contribution in [3.8, 4) is 0 Å². The Balaban J connectivity index is 3.52. The van der Waals surface area contributed by atoms with Crippen LogP contribution < -0.4 is 5.73 Å². The molecule has 0 heterocycles. The maximum absolute atomic E-state index is 11.0. The Morgan fingerprint density at radius 1 is 1.18 bits per heavy atom. The van der Waals surface area contributed by atoms with Gasteiger partial charge in [-0.2, -0.15) is 0 Å². The van der Waals surface area contributed by atoms with E-state index in [1.807, 2.05) is 0 Å². The van der Waals surface area contributed by atoms with E-state index in [1.54, 1.807) is 7.11 Å². The Morgan fingerprint density at radius 2 is 1.94 bits per heavy atom. The van der Waals surface area contributed by atoms with E-state index in [9.17, 15) is 4.79 Å². The third-order valence-corrected chi connectivity index (χ3v) is 2.60. The van der Waals surface area contributed by atoms with Gasteiger partial charge in [0.2, 0.25) is 0 Å². The van der Waals surface area contributed by atoms with Gasteiger partial charge in [0.05, 0.1) is 5.92 Å². The second-order valence-electron chi connectivity index (χ2n) is 4.07. The first kappa shape index (κ1) is 16.4. The van der Waals surface area contributed by atoms with Crippen LogP contribution in [0.2, 0.25) is 0 Å². The first-order valence-electron chi connectivity index (χ1n) is 6.22. The van der Waals surface area contributed by atoms with Gasteiger partial charge < -0.3 is 20.3 Å². The van der Waals surface area contributed by atoms with E-state index in [0.29, 0.717) is 39.2 Å². The molecular formula is C12H25NO4. The number of methoxy groups -OCH3 is 1. The number of rotatable bonds is 12. The predicted molar refractivity (Wildman–Crippen MR) is 66.0 cm³/mol. The van der Waals surface area contributed by atoms with Gasteiger partial charge in [0, 0.05) is 26.9 Å². The summed E-state index contributed by atoms with van der Waals surface area (Å²) in [5.41, 5.74) is 5.38. The molecule has 5 heteroatoms. The molecule has 5 nitrogen and oxygen atoms in total. The third-order valence-electron chi connectivity index (χ3n) is 2.60. The van der Waals surface area contributed by atoms with E-state index in [2.05, 4.69) is 0 Å². The number of unbranched alkanes of at least 4 members (excludes halogenated alkanes) is 1. The van der Waals surface area contributed by atoms with Gasteiger partial charge in [-0.25, -0.2) is 0 Å². The highest BCUT2D eigenvalue weighted by molar-refractivity contribution is 5.69. The number of aliphatic carboxylic acids is 1. The normalized spacial score (nSPS) is 12.6. The highest BCUT2D eigenvalue weighted by Gasteiger charge is 2.16. The van der Waals surface area contributed by atoms with Crippen molar-refractivity contribution in [3.63, 3.8) is 0 Å². The second kappa shape index (κ2) is 11.8. The Bertz CT molecular complexity index is 187. The molecule has 0 aromatic carbocycles. The third kappa shape index (κ3) is 10.2. The Kier molecular flexibility index (Phi) is 11.4. The van der Waals surface area contributed by atoms with Gasteiger partial charge in [-0.15, -0.1) is 0 Å². The molecule has 0 rings (SSSR count). The van der Waals surface area contributed by atoms with Crippen LogP contribution in [-0.2, 0) is 14.3 Å². The smallest absolute Gasteiger partial charge is 0.306 e. The fourth-order valence-electron chi connectivity index (χ4n) is 1.56. The number of ether oxygens (including phenoxy) is 2. The van der Waals surface area contributed by atoms with Crippen molar-refractivity contribution in [2.45, 2.75) is 32.1 Å². The highest BCUT2D eigenvalue weighted by atomic mass is 16.5. The van der Waals surface area contributed by atoms with Crippen LogP contribution in [0.25, 0.3) is 0 Å². The van der Waals surface area contributed by atoms with Crippen LogP contribution >= 0.6 is 0 Å². The maximum atomic E-state index is 11.0. The first-order valence-corrected chi connectivity index (χ1v) is 6.22. The molecule has 0 bridgehead atoms. The van der Waals surface area contributed by atoms with Gasteiger partial charge in [-0.3, -0.25) is 4.79 Å². The number of carboxylic acids is 1. The Morgan fingerprint density at radius 3 is 2.53 bits per heavy atom. The number of carbonyl (C=O) groups is 1. The van der Waals surface area contributed by atoms with Gasteiger partial charge in [0.15, 0.2) is 0 Å². The summed E-state index contributed by atoms with van der Waals surface area (Å²) >= 11 is 0. The minimum absolute atomic E-state index is 0.302.